The number of aliphatic hydroxyl groups is 1. The molecule has 1 aliphatic heterocycles. The third-order valence-corrected chi connectivity index (χ3v) is 10.4. The Morgan fingerprint density at radius 2 is 1.68 bits per heavy atom. The Morgan fingerprint density at radius 3 is 2.45 bits per heavy atom. The molecule has 0 aromatic heterocycles. The first-order valence-corrected chi connectivity index (χ1v) is 17.1. The van der Waals surface area contributed by atoms with Crippen LogP contribution in [0.15, 0.2) is 114 Å². The zero-order valence-electron chi connectivity index (χ0n) is 26.2. The Morgan fingerprint density at radius 1 is 0.936 bits per heavy atom. The summed E-state index contributed by atoms with van der Waals surface area (Å²) in [6.07, 6.45) is 2.33. The Bertz CT molecular complexity index is 1840. The van der Waals surface area contributed by atoms with E-state index in [1.807, 2.05) is 36.4 Å². The monoisotopic (exact) mass is 654 g/mol. The van der Waals surface area contributed by atoms with Crippen molar-refractivity contribution in [3.8, 4) is 16.9 Å². The molecule has 9 nitrogen and oxygen atoms in total. The van der Waals surface area contributed by atoms with E-state index in [0.29, 0.717) is 18.7 Å². The Balaban J connectivity index is 1.18. The molecule has 244 valence electrons. The number of carbonyl (C=O) groups is 1. The molecule has 0 spiro atoms. The number of ether oxygens (including phenoxy) is 3. The van der Waals surface area contributed by atoms with Crippen LogP contribution in [0.2, 0.25) is 0 Å². The molecule has 2 N–H and O–H groups in total. The summed E-state index contributed by atoms with van der Waals surface area (Å²) in [6.45, 7) is -0.140. The van der Waals surface area contributed by atoms with Crippen LogP contribution in [0.1, 0.15) is 34.6 Å². The maximum absolute atomic E-state index is 13.4. The van der Waals surface area contributed by atoms with Gasteiger partial charge in [-0.25, -0.2) is 8.42 Å². The van der Waals surface area contributed by atoms with Crippen molar-refractivity contribution in [3.63, 3.8) is 0 Å². The molecular formula is C37H38N2O7S. The molecule has 0 fully saturated rings. The van der Waals surface area contributed by atoms with E-state index in [1.165, 1.54) is 45.8 Å². The lowest BCUT2D eigenvalue weighted by molar-refractivity contribution is -0.146. The largest absolute Gasteiger partial charge is 0.497 e. The maximum atomic E-state index is 13.4. The second kappa shape index (κ2) is 14.5. The number of methoxy groups -OCH3 is 1. The highest BCUT2D eigenvalue weighted by atomic mass is 32.2. The van der Waals surface area contributed by atoms with Crippen LogP contribution in [-0.2, 0) is 37.3 Å². The van der Waals surface area contributed by atoms with Gasteiger partial charge in [-0.1, -0.05) is 72.8 Å². The number of allylic oxidation sites excluding steroid dienone is 1. The first-order chi connectivity index (χ1) is 22.9. The molecule has 10 heteroatoms. The molecule has 0 saturated carbocycles. The summed E-state index contributed by atoms with van der Waals surface area (Å²) in [5, 5.41) is 12.6. The van der Waals surface area contributed by atoms with E-state index >= 15 is 0 Å². The third kappa shape index (κ3) is 7.41. The molecule has 0 unspecified atom stereocenters. The number of benzene rings is 4. The molecule has 4 aromatic rings. The van der Waals surface area contributed by atoms with Crippen molar-refractivity contribution in [1.29, 1.82) is 0 Å². The van der Waals surface area contributed by atoms with Crippen molar-refractivity contribution >= 4 is 15.9 Å². The van der Waals surface area contributed by atoms with Gasteiger partial charge in [0.15, 0.2) is 5.76 Å². The number of sulfonamides is 1. The summed E-state index contributed by atoms with van der Waals surface area (Å²) >= 11 is 0. The molecular weight excluding hydrogens is 616 g/mol. The van der Waals surface area contributed by atoms with Crippen molar-refractivity contribution < 1.29 is 32.5 Å². The zero-order chi connectivity index (χ0) is 32.8. The lowest BCUT2D eigenvalue weighted by atomic mass is 9.90. The van der Waals surface area contributed by atoms with Crippen LogP contribution in [-0.4, -0.2) is 63.4 Å². The van der Waals surface area contributed by atoms with E-state index < -0.39 is 16.3 Å². The summed E-state index contributed by atoms with van der Waals surface area (Å²) in [7, 11) is -2.40. The molecule has 6 rings (SSSR count). The summed E-state index contributed by atoms with van der Waals surface area (Å²) in [5.74, 6) is 0.167. The highest BCUT2D eigenvalue weighted by Crippen LogP contribution is 2.40. The second-order valence-electron chi connectivity index (χ2n) is 11.5. The number of nitrogens with one attached hydrogen (secondary N) is 1. The number of hydrogen-bond acceptors (Lipinski definition) is 7. The molecule has 0 radical (unpaired) electrons. The van der Waals surface area contributed by atoms with Crippen LogP contribution < -0.4 is 10.1 Å². The average Bonchev–Trinajstić information content (AvgIpc) is 3.48. The van der Waals surface area contributed by atoms with Gasteiger partial charge < -0.3 is 24.6 Å². The highest BCUT2D eigenvalue weighted by molar-refractivity contribution is 7.89. The highest BCUT2D eigenvalue weighted by Gasteiger charge is 2.31. The number of rotatable bonds is 13. The molecule has 1 aliphatic carbocycles. The normalized spacial score (nSPS) is 17.0. The van der Waals surface area contributed by atoms with Gasteiger partial charge in [-0.2, -0.15) is 4.31 Å². The number of fused-ring (bicyclic) bond motifs is 3. The number of nitrogens with zero attached hydrogens (tertiary/aromatic N) is 1. The SMILES string of the molecule is COc1ccc(S(=O)(=O)N(CCO)CCO[C@@H]2C[C@H](c3ccc4c(c3)Cc3ccccc3-4)C=C(C(=O)NCc3ccccc3)O2)cc1. The minimum atomic E-state index is -3.91. The number of amides is 1. The van der Waals surface area contributed by atoms with Gasteiger partial charge in [0.25, 0.3) is 5.91 Å². The Hall–Kier alpha value is -4.48. The molecule has 0 bridgehead atoms. The van der Waals surface area contributed by atoms with Crippen LogP contribution in [0.5, 0.6) is 5.75 Å². The minimum Gasteiger partial charge on any atom is -0.497 e. The summed E-state index contributed by atoms with van der Waals surface area (Å²) in [4.78, 5) is 13.4. The van der Waals surface area contributed by atoms with Crippen LogP contribution in [0.4, 0.5) is 0 Å². The van der Waals surface area contributed by atoms with E-state index in [1.54, 1.807) is 12.1 Å². The van der Waals surface area contributed by atoms with Crippen molar-refractivity contribution in [2.45, 2.75) is 36.5 Å². The van der Waals surface area contributed by atoms with Crippen molar-refractivity contribution in [3.05, 3.63) is 131 Å². The van der Waals surface area contributed by atoms with Crippen LogP contribution >= 0.6 is 0 Å². The standard InChI is InChI=1S/C37H38N2O7S/c1-44-31-12-14-32(15-13-31)47(42,43)39(17-19-40)18-20-45-36-24-29(23-35(46-36)37(41)38-25-26-7-3-2-4-8-26)27-11-16-34-30(21-27)22-28-9-5-6-10-33(28)34/h2-16,21,23,29,36,40H,17-20,22,24-25H2,1H3,(H,38,41)/t29-,36+/m1/s1. The van der Waals surface area contributed by atoms with Gasteiger partial charge in [0, 0.05) is 32.0 Å². The van der Waals surface area contributed by atoms with Gasteiger partial charge in [-0.05, 0) is 70.1 Å². The average molecular weight is 655 g/mol. The molecule has 2 atom stereocenters. The third-order valence-electron chi connectivity index (χ3n) is 8.51. The Labute approximate surface area is 275 Å². The van der Waals surface area contributed by atoms with Gasteiger partial charge in [0.05, 0.1) is 25.2 Å². The van der Waals surface area contributed by atoms with Gasteiger partial charge >= 0.3 is 0 Å². The lowest BCUT2D eigenvalue weighted by Crippen LogP contribution is -2.38. The summed E-state index contributed by atoms with van der Waals surface area (Å²) in [5.41, 5.74) is 7.00. The number of aliphatic hydroxyl groups excluding tert-OH is 1. The minimum absolute atomic E-state index is 0.00875. The molecule has 4 aromatic carbocycles. The molecule has 1 heterocycles. The van der Waals surface area contributed by atoms with Gasteiger partial charge in [-0.3, -0.25) is 4.79 Å². The van der Waals surface area contributed by atoms with E-state index in [2.05, 4.69) is 47.8 Å². The van der Waals surface area contributed by atoms with E-state index in [4.69, 9.17) is 14.2 Å². The first-order valence-electron chi connectivity index (χ1n) is 15.6. The van der Waals surface area contributed by atoms with E-state index in [0.717, 1.165) is 17.5 Å². The fraction of sp³-hybridized carbons (Fsp3) is 0.270. The summed E-state index contributed by atoms with van der Waals surface area (Å²) in [6, 6.07) is 30.5. The Kier molecular flexibility index (Phi) is 10.0. The summed E-state index contributed by atoms with van der Waals surface area (Å²) < 4.78 is 45.2. The number of carbonyl (C=O) groups excluding carboxylic acids is 1. The quantitative estimate of drug-likeness (QED) is 0.184. The van der Waals surface area contributed by atoms with Gasteiger partial charge in [0.2, 0.25) is 16.3 Å². The predicted molar refractivity (Wildman–Crippen MR) is 178 cm³/mol. The van der Waals surface area contributed by atoms with Crippen molar-refractivity contribution in [1.82, 2.24) is 9.62 Å². The fourth-order valence-corrected chi connectivity index (χ4v) is 7.47. The van der Waals surface area contributed by atoms with Crippen molar-refractivity contribution in [2.24, 2.45) is 0 Å². The zero-order valence-corrected chi connectivity index (χ0v) is 27.0. The lowest BCUT2D eigenvalue weighted by Gasteiger charge is -2.30. The fourth-order valence-electron chi connectivity index (χ4n) is 6.06. The first kappa shape index (κ1) is 32.5. The molecule has 47 heavy (non-hydrogen) atoms. The maximum Gasteiger partial charge on any atom is 0.286 e. The van der Waals surface area contributed by atoms with E-state index in [9.17, 15) is 18.3 Å². The number of hydrogen-bond donors (Lipinski definition) is 2. The van der Waals surface area contributed by atoms with Gasteiger partial charge in [-0.15, -0.1) is 0 Å². The van der Waals surface area contributed by atoms with Crippen LogP contribution in [0.25, 0.3) is 11.1 Å². The topological polar surface area (TPSA) is 114 Å². The van der Waals surface area contributed by atoms with Crippen molar-refractivity contribution in [2.75, 3.05) is 33.4 Å². The molecule has 0 saturated heterocycles. The van der Waals surface area contributed by atoms with E-state index in [-0.39, 0.29) is 48.8 Å². The van der Waals surface area contributed by atoms with Gasteiger partial charge in [0.1, 0.15) is 5.75 Å². The smallest absolute Gasteiger partial charge is 0.286 e. The molecule has 1 amide bonds. The van der Waals surface area contributed by atoms with Crippen LogP contribution in [0, 0.1) is 0 Å². The molecule has 2 aliphatic rings. The second-order valence-corrected chi connectivity index (χ2v) is 13.5. The predicted octanol–water partition coefficient (Wildman–Crippen LogP) is 5.00. The van der Waals surface area contributed by atoms with Crippen LogP contribution in [0.3, 0.4) is 0 Å².